The van der Waals surface area contributed by atoms with Crippen LogP contribution in [0.1, 0.15) is 26.4 Å². The molecule has 0 radical (unpaired) electrons. The van der Waals surface area contributed by atoms with Crippen LogP contribution in [0, 0.1) is 25.5 Å². The Kier molecular flexibility index (Phi) is 5.32. The third-order valence-corrected chi connectivity index (χ3v) is 5.00. The summed E-state index contributed by atoms with van der Waals surface area (Å²) in [7, 11) is 0. The first-order valence-corrected chi connectivity index (χ1v) is 8.85. The first-order valence-electron chi connectivity index (χ1n) is 7.97. The van der Waals surface area contributed by atoms with E-state index < -0.39 is 11.6 Å². The fourth-order valence-corrected chi connectivity index (χ4v) is 3.19. The summed E-state index contributed by atoms with van der Waals surface area (Å²) in [6, 6.07) is 10.6. The second-order valence-corrected chi connectivity index (χ2v) is 6.80. The molecule has 0 saturated carbocycles. The van der Waals surface area contributed by atoms with Gasteiger partial charge in [0.25, 0.3) is 5.91 Å². The number of carbonyl (C=O) groups excluding carboxylic acids is 1. The molecule has 1 amide bonds. The Balaban J connectivity index is 1.65. The summed E-state index contributed by atoms with van der Waals surface area (Å²) in [5, 5.41) is 4.68. The zero-order chi connectivity index (χ0) is 18.7. The number of hydrogen-bond acceptors (Lipinski definition) is 3. The Morgan fingerprint density at radius 2 is 1.96 bits per heavy atom. The Morgan fingerprint density at radius 1 is 1.15 bits per heavy atom. The van der Waals surface area contributed by atoms with Gasteiger partial charge in [0.1, 0.15) is 12.4 Å². The van der Waals surface area contributed by atoms with Gasteiger partial charge in [-0.05, 0) is 54.6 Å². The average Bonchev–Trinajstić information content (AvgIpc) is 3.07. The summed E-state index contributed by atoms with van der Waals surface area (Å²) >= 11 is 1.28. The number of anilines is 1. The summed E-state index contributed by atoms with van der Waals surface area (Å²) in [6.45, 7) is 4.03. The average molecular weight is 373 g/mol. The molecule has 3 nitrogen and oxygen atoms in total. The molecule has 0 fully saturated rings. The lowest BCUT2D eigenvalue weighted by Crippen LogP contribution is -2.11. The van der Waals surface area contributed by atoms with Crippen molar-refractivity contribution in [2.24, 2.45) is 0 Å². The van der Waals surface area contributed by atoms with Gasteiger partial charge in [0, 0.05) is 17.3 Å². The van der Waals surface area contributed by atoms with E-state index in [0.29, 0.717) is 4.88 Å². The van der Waals surface area contributed by atoms with Crippen LogP contribution < -0.4 is 10.1 Å². The highest BCUT2D eigenvalue weighted by molar-refractivity contribution is 7.12. The molecular formula is C20H17F2NO2S. The van der Waals surface area contributed by atoms with E-state index in [0.717, 1.165) is 34.5 Å². The van der Waals surface area contributed by atoms with Crippen molar-refractivity contribution < 1.29 is 18.3 Å². The fraction of sp³-hybridized carbons (Fsp3) is 0.150. The van der Waals surface area contributed by atoms with E-state index in [-0.39, 0.29) is 18.3 Å². The van der Waals surface area contributed by atoms with Gasteiger partial charge < -0.3 is 10.1 Å². The molecule has 0 atom stereocenters. The van der Waals surface area contributed by atoms with Crippen molar-refractivity contribution in [2.45, 2.75) is 20.5 Å². The number of benzene rings is 2. The topological polar surface area (TPSA) is 38.3 Å². The molecule has 0 aliphatic rings. The highest BCUT2D eigenvalue weighted by Gasteiger charge is 2.12. The number of ether oxygens (including phenoxy) is 1. The molecule has 6 heteroatoms. The Labute approximate surface area is 154 Å². The van der Waals surface area contributed by atoms with Crippen molar-refractivity contribution in [3.8, 4) is 5.75 Å². The first-order chi connectivity index (χ1) is 12.4. The van der Waals surface area contributed by atoms with E-state index in [4.69, 9.17) is 4.74 Å². The minimum absolute atomic E-state index is 0.0287. The molecule has 0 unspecified atom stereocenters. The standard InChI is InChI=1S/C20H17F2NO2S/c1-12-4-3-5-17(13(12)2)23-20(24)19-8-14(11-26-19)10-25-18-7-6-15(21)9-16(18)22/h3-9,11H,10H2,1-2H3,(H,23,24). The van der Waals surface area contributed by atoms with Gasteiger partial charge in [-0.2, -0.15) is 0 Å². The van der Waals surface area contributed by atoms with E-state index in [2.05, 4.69) is 5.32 Å². The lowest BCUT2D eigenvalue weighted by molar-refractivity contribution is 0.103. The first kappa shape index (κ1) is 18.1. The molecule has 1 heterocycles. The van der Waals surface area contributed by atoms with Gasteiger partial charge in [-0.15, -0.1) is 11.3 Å². The van der Waals surface area contributed by atoms with Crippen LogP contribution in [-0.2, 0) is 6.61 Å². The maximum absolute atomic E-state index is 13.6. The molecule has 0 aliphatic carbocycles. The Morgan fingerprint density at radius 3 is 2.73 bits per heavy atom. The molecule has 3 aromatic rings. The molecule has 0 saturated heterocycles. The molecular weight excluding hydrogens is 356 g/mol. The summed E-state index contributed by atoms with van der Waals surface area (Å²) in [6.07, 6.45) is 0. The Bertz CT molecular complexity index is 953. The van der Waals surface area contributed by atoms with Crippen LogP contribution in [-0.4, -0.2) is 5.91 Å². The van der Waals surface area contributed by atoms with Crippen molar-refractivity contribution in [3.05, 3.63) is 81.0 Å². The predicted molar refractivity (Wildman–Crippen MR) is 98.9 cm³/mol. The van der Waals surface area contributed by atoms with Gasteiger partial charge in [-0.25, -0.2) is 8.78 Å². The minimum Gasteiger partial charge on any atom is -0.486 e. The van der Waals surface area contributed by atoms with Crippen LogP contribution in [0.4, 0.5) is 14.5 Å². The zero-order valence-electron chi connectivity index (χ0n) is 14.3. The minimum atomic E-state index is -0.756. The molecule has 3 rings (SSSR count). The molecule has 1 aromatic heterocycles. The normalized spacial score (nSPS) is 10.6. The molecule has 0 spiro atoms. The van der Waals surface area contributed by atoms with Gasteiger partial charge in [-0.3, -0.25) is 4.79 Å². The molecule has 2 aromatic carbocycles. The number of carbonyl (C=O) groups is 1. The SMILES string of the molecule is Cc1cccc(NC(=O)c2cc(COc3ccc(F)cc3F)cs2)c1C. The van der Waals surface area contributed by atoms with E-state index in [9.17, 15) is 13.6 Å². The third kappa shape index (κ3) is 4.08. The number of thiophene rings is 1. The Hall–Kier alpha value is -2.73. The molecule has 1 N–H and O–H groups in total. The number of halogens is 2. The second kappa shape index (κ2) is 7.66. The lowest BCUT2D eigenvalue weighted by Gasteiger charge is -2.09. The van der Waals surface area contributed by atoms with Crippen LogP contribution in [0.3, 0.4) is 0 Å². The monoisotopic (exact) mass is 373 g/mol. The van der Waals surface area contributed by atoms with Crippen molar-refractivity contribution in [1.82, 2.24) is 0 Å². The van der Waals surface area contributed by atoms with Crippen molar-refractivity contribution in [2.75, 3.05) is 5.32 Å². The number of rotatable bonds is 5. The maximum atomic E-state index is 13.6. The second-order valence-electron chi connectivity index (χ2n) is 5.88. The summed E-state index contributed by atoms with van der Waals surface area (Å²) in [5.41, 5.74) is 3.64. The van der Waals surface area contributed by atoms with Gasteiger partial charge in [0.05, 0.1) is 4.88 Å². The third-order valence-electron chi connectivity index (χ3n) is 4.02. The van der Waals surface area contributed by atoms with E-state index in [1.54, 1.807) is 11.4 Å². The molecule has 0 bridgehead atoms. The van der Waals surface area contributed by atoms with Crippen LogP contribution in [0.2, 0.25) is 0 Å². The van der Waals surface area contributed by atoms with Crippen LogP contribution in [0.25, 0.3) is 0 Å². The van der Waals surface area contributed by atoms with Gasteiger partial charge in [0.2, 0.25) is 0 Å². The fourth-order valence-electron chi connectivity index (χ4n) is 2.39. The highest BCUT2D eigenvalue weighted by Crippen LogP contribution is 2.23. The molecule has 0 aliphatic heterocycles. The van der Waals surface area contributed by atoms with Gasteiger partial charge in [0.15, 0.2) is 11.6 Å². The quantitative estimate of drug-likeness (QED) is 0.644. The van der Waals surface area contributed by atoms with Crippen molar-refractivity contribution >= 4 is 22.9 Å². The highest BCUT2D eigenvalue weighted by atomic mass is 32.1. The van der Waals surface area contributed by atoms with E-state index in [1.807, 2.05) is 32.0 Å². The largest absolute Gasteiger partial charge is 0.486 e. The van der Waals surface area contributed by atoms with Gasteiger partial charge >= 0.3 is 0 Å². The van der Waals surface area contributed by atoms with Crippen LogP contribution >= 0.6 is 11.3 Å². The predicted octanol–water partition coefficient (Wildman–Crippen LogP) is 5.47. The van der Waals surface area contributed by atoms with Crippen molar-refractivity contribution in [3.63, 3.8) is 0 Å². The smallest absolute Gasteiger partial charge is 0.265 e. The number of nitrogens with one attached hydrogen (secondary N) is 1. The summed E-state index contributed by atoms with van der Waals surface area (Å²) in [4.78, 5) is 12.9. The van der Waals surface area contributed by atoms with Crippen LogP contribution in [0.5, 0.6) is 5.75 Å². The van der Waals surface area contributed by atoms with Crippen LogP contribution in [0.15, 0.2) is 47.8 Å². The molecule has 134 valence electrons. The number of aryl methyl sites for hydroxylation is 1. The van der Waals surface area contributed by atoms with Crippen molar-refractivity contribution in [1.29, 1.82) is 0 Å². The number of hydrogen-bond donors (Lipinski definition) is 1. The summed E-state index contributed by atoms with van der Waals surface area (Å²) < 4.78 is 31.8. The summed E-state index contributed by atoms with van der Waals surface area (Å²) in [5.74, 6) is -1.65. The van der Waals surface area contributed by atoms with Gasteiger partial charge in [-0.1, -0.05) is 12.1 Å². The lowest BCUT2D eigenvalue weighted by atomic mass is 10.1. The number of amides is 1. The zero-order valence-corrected chi connectivity index (χ0v) is 15.1. The van der Waals surface area contributed by atoms with E-state index >= 15 is 0 Å². The maximum Gasteiger partial charge on any atom is 0.265 e. The van der Waals surface area contributed by atoms with E-state index in [1.165, 1.54) is 17.4 Å². The molecule has 26 heavy (non-hydrogen) atoms.